The summed E-state index contributed by atoms with van der Waals surface area (Å²) in [5, 5.41) is 5.21. The number of carbonyl (C=O) groups excluding carboxylic acids is 1. The van der Waals surface area contributed by atoms with Crippen LogP contribution in [-0.2, 0) is 0 Å². The summed E-state index contributed by atoms with van der Waals surface area (Å²) in [6.07, 6.45) is 5.39. The minimum Gasteiger partial charge on any atom is -0.322 e. The Morgan fingerprint density at radius 1 is 1.25 bits per heavy atom. The highest BCUT2D eigenvalue weighted by atomic mass is 35.5. The Morgan fingerprint density at radius 2 is 2.17 bits per heavy atom. The van der Waals surface area contributed by atoms with E-state index >= 15 is 0 Å². The Morgan fingerprint density at radius 3 is 2.96 bits per heavy atom. The van der Waals surface area contributed by atoms with Crippen molar-refractivity contribution in [3.05, 3.63) is 71.1 Å². The van der Waals surface area contributed by atoms with Gasteiger partial charge in [0, 0.05) is 35.2 Å². The van der Waals surface area contributed by atoms with E-state index in [4.69, 9.17) is 11.6 Å². The van der Waals surface area contributed by atoms with Crippen LogP contribution in [-0.4, -0.2) is 20.3 Å². The summed E-state index contributed by atoms with van der Waals surface area (Å²) in [5.74, 6) is -0.234. The molecule has 3 aromatic heterocycles. The Balaban J connectivity index is 1.59. The average molecular weight is 355 g/mol. The Labute approximate surface area is 146 Å². The van der Waals surface area contributed by atoms with E-state index < -0.39 is 0 Å². The molecule has 1 N–H and O–H groups in total. The normalized spacial score (nSPS) is 10.9. The van der Waals surface area contributed by atoms with E-state index in [1.807, 2.05) is 46.4 Å². The second-order valence-corrected chi connectivity index (χ2v) is 6.38. The molecule has 24 heavy (non-hydrogen) atoms. The maximum atomic E-state index is 12.3. The van der Waals surface area contributed by atoms with E-state index in [0.717, 1.165) is 16.2 Å². The second kappa shape index (κ2) is 6.07. The fraction of sp³-hybridized carbons (Fsp3) is 0. The lowest BCUT2D eigenvalue weighted by Crippen LogP contribution is -2.12. The Hall–Kier alpha value is -2.70. The number of hydrogen-bond donors (Lipinski definition) is 1. The van der Waals surface area contributed by atoms with Gasteiger partial charge in [0.25, 0.3) is 5.91 Å². The molecule has 1 aromatic carbocycles. The molecule has 4 aromatic rings. The molecule has 0 radical (unpaired) electrons. The number of nitrogens with one attached hydrogen (secondary N) is 1. The van der Waals surface area contributed by atoms with E-state index in [-0.39, 0.29) is 5.91 Å². The Kier molecular flexibility index (Phi) is 3.76. The summed E-state index contributed by atoms with van der Waals surface area (Å²) in [4.78, 5) is 21.7. The predicted octanol–water partition coefficient (Wildman–Crippen LogP) is 4.36. The smallest absolute Gasteiger partial charge is 0.257 e. The van der Waals surface area contributed by atoms with Gasteiger partial charge in [-0.1, -0.05) is 23.7 Å². The first-order valence-corrected chi connectivity index (χ1v) is 8.40. The van der Waals surface area contributed by atoms with Gasteiger partial charge in [0.05, 0.1) is 11.3 Å². The molecule has 0 saturated carbocycles. The number of fused-ring (bicyclic) bond motifs is 1. The molecule has 0 bridgehead atoms. The fourth-order valence-corrected chi connectivity index (χ4v) is 3.15. The highest BCUT2D eigenvalue weighted by molar-refractivity contribution is 7.15. The second-order valence-electron chi connectivity index (χ2n) is 5.12. The van der Waals surface area contributed by atoms with Crippen molar-refractivity contribution in [2.75, 3.05) is 5.32 Å². The molecular formula is C17H11ClN4OS. The number of aromatic nitrogens is 3. The first-order valence-electron chi connectivity index (χ1n) is 7.14. The van der Waals surface area contributed by atoms with Crippen molar-refractivity contribution in [3.63, 3.8) is 0 Å². The number of anilines is 1. The van der Waals surface area contributed by atoms with Crippen LogP contribution in [0.2, 0.25) is 5.15 Å². The first kappa shape index (κ1) is 14.9. The summed E-state index contributed by atoms with van der Waals surface area (Å²) in [6.45, 7) is 0. The van der Waals surface area contributed by atoms with Gasteiger partial charge in [-0.05, 0) is 24.3 Å². The van der Waals surface area contributed by atoms with Crippen LogP contribution in [0.1, 0.15) is 10.4 Å². The van der Waals surface area contributed by atoms with Crippen molar-refractivity contribution in [1.29, 1.82) is 0 Å². The van der Waals surface area contributed by atoms with Crippen LogP contribution in [0.3, 0.4) is 0 Å². The van der Waals surface area contributed by atoms with E-state index in [1.54, 1.807) is 23.5 Å². The van der Waals surface area contributed by atoms with Crippen LogP contribution in [0.5, 0.6) is 0 Å². The molecular weight excluding hydrogens is 344 g/mol. The largest absolute Gasteiger partial charge is 0.322 e. The third-order valence-electron chi connectivity index (χ3n) is 3.50. The average Bonchev–Trinajstić information content (AvgIpc) is 3.17. The topological polar surface area (TPSA) is 59.3 Å². The van der Waals surface area contributed by atoms with Crippen molar-refractivity contribution in [3.8, 4) is 11.3 Å². The lowest BCUT2D eigenvalue weighted by Gasteiger charge is -2.06. The summed E-state index contributed by atoms with van der Waals surface area (Å²) < 4.78 is 1.98. The number of pyridine rings is 1. The van der Waals surface area contributed by atoms with Gasteiger partial charge in [-0.25, -0.2) is 9.97 Å². The van der Waals surface area contributed by atoms with Gasteiger partial charge in [-0.15, -0.1) is 11.3 Å². The molecule has 118 valence electrons. The number of benzene rings is 1. The van der Waals surface area contributed by atoms with Crippen LogP contribution in [0, 0.1) is 0 Å². The molecule has 0 fully saturated rings. The summed E-state index contributed by atoms with van der Waals surface area (Å²) in [5.41, 5.74) is 2.96. The van der Waals surface area contributed by atoms with Crippen molar-refractivity contribution in [2.45, 2.75) is 0 Å². The number of thiazole rings is 1. The zero-order chi connectivity index (χ0) is 16.5. The van der Waals surface area contributed by atoms with E-state index in [2.05, 4.69) is 15.3 Å². The molecule has 0 aliphatic rings. The van der Waals surface area contributed by atoms with Crippen LogP contribution < -0.4 is 5.32 Å². The molecule has 3 heterocycles. The molecule has 0 aliphatic heterocycles. The van der Waals surface area contributed by atoms with Gasteiger partial charge in [0.15, 0.2) is 4.96 Å². The minimum atomic E-state index is -0.234. The third-order valence-corrected chi connectivity index (χ3v) is 4.49. The van der Waals surface area contributed by atoms with Gasteiger partial charge >= 0.3 is 0 Å². The van der Waals surface area contributed by atoms with Gasteiger partial charge in [-0.2, -0.15) is 0 Å². The highest BCUT2D eigenvalue weighted by Gasteiger charge is 2.09. The standard InChI is InChI=1S/C17H11ClN4OS/c18-15-5-4-12(9-19-15)16(23)20-13-3-1-2-11(8-13)14-10-22-6-7-24-17(22)21-14/h1-10H,(H,20,23). The number of amides is 1. The lowest BCUT2D eigenvalue weighted by molar-refractivity contribution is 0.102. The van der Waals surface area contributed by atoms with Crippen LogP contribution in [0.25, 0.3) is 16.2 Å². The number of rotatable bonds is 3. The Bertz CT molecular complexity index is 994. The lowest BCUT2D eigenvalue weighted by atomic mass is 10.1. The number of hydrogen-bond acceptors (Lipinski definition) is 4. The monoisotopic (exact) mass is 354 g/mol. The molecule has 4 rings (SSSR count). The summed E-state index contributed by atoms with van der Waals surface area (Å²) >= 11 is 7.32. The molecule has 0 atom stereocenters. The van der Waals surface area contributed by atoms with E-state index in [0.29, 0.717) is 16.4 Å². The minimum absolute atomic E-state index is 0.234. The zero-order valence-corrected chi connectivity index (χ0v) is 13.9. The van der Waals surface area contributed by atoms with Crippen molar-refractivity contribution in [2.24, 2.45) is 0 Å². The SMILES string of the molecule is O=C(Nc1cccc(-c2cn3ccsc3n2)c1)c1ccc(Cl)nc1. The molecule has 7 heteroatoms. The van der Waals surface area contributed by atoms with Crippen molar-refractivity contribution in [1.82, 2.24) is 14.4 Å². The summed E-state index contributed by atoms with van der Waals surface area (Å²) in [7, 11) is 0. The molecule has 0 spiro atoms. The maximum absolute atomic E-state index is 12.3. The number of carbonyl (C=O) groups is 1. The summed E-state index contributed by atoms with van der Waals surface area (Å²) in [6, 6.07) is 10.8. The maximum Gasteiger partial charge on any atom is 0.257 e. The van der Waals surface area contributed by atoms with Crippen LogP contribution in [0.4, 0.5) is 5.69 Å². The number of imidazole rings is 1. The number of halogens is 1. The van der Waals surface area contributed by atoms with Crippen LogP contribution >= 0.6 is 22.9 Å². The quantitative estimate of drug-likeness (QED) is 0.556. The number of nitrogens with zero attached hydrogens (tertiary/aromatic N) is 3. The third kappa shape index (κ3) is 2.89. The molecule has 5 nitrogen and oxygen atoms in total. The van der Waals surface area contributed by atoms with E-state index in [9.17, 15) is 4.79 Å². The van der Waals surface area contributed by atoms with E-state index in [1.165, 1.54) is 6.20 Å². The predicted molar refractivity (Wildman–Crippen MR) is 95.7 cm³/mol. The zero-order valence-electron chi connectivity index (χ0n) is 12.3. The van der Waals surface area contributed by atoms with Gasteiger partial charge in [-0.3, -0.25) is 9.20 Å². The fourth-order valence-electron chi connectivity index (χ4n) is 2.34. The van der Waals surface area contributed by atoms with Gasteiger partial charge in [0.1, 0.15) is 5.15 Å². The van der Waals surface area contributed by atoms with Gasteiger partial charge in [0.2, 0.25) is 0 Å². The first-order chi connectivity index (χ1) is 11.7. The van der Waals surface area contributed by atoms with Crippen molar-refractivity contribution < 1.29 is 4.79 Å². The van der Waals surface area contributed by atoms with Crippen LogP contribution in [0.15, 0.2) is 60.4 Å². The molecule has 0 unspecified atom stereocenters. The highest BCUT2D eigenvalue weighted by Crippen LogP contribution is 2.24. The van der Waals surface area contributed by atoms with Gasteiger partial charge < -0.3 is 5.32 Å². The molecule has 0 saturated heterocycles. The molecule has 0 aliphatic carbocycles. The molecule has 1 amide bonds. The van der Waals surface area contributed by atoms with Crippen molar-refractivity contribution >= 4 is 39.5 Å².